The van der Waals surface area contributed by atoms with Crippen LogP contribution in [-0.2, 0) is 9.47 Å². The number of rotatable bonds is 8. The van der Waals surface area contributed by atoms with Gasteiger partial charge in [0.15, 0.2) is 10.9 Å². The van der Waals surface area contributed by atoms with E-state index in [1.54, 1.807) is 13.0 Å². The minimum absolute atomic E-state index is 0.0267. The quantitative estimate of drug-likeness (QED) is 0.323. The average molecular weight is 426 g/mol. The molecule has 0 atom stereocenters. The molecule has 0 saturated heterocycles. The van der Waals surface area contributed by atoms with Gasteiger partial charge in [-0.15, -0.1) is 0 Å². The second kappa shape index (κ2) is 9.59. The predicted molar refractivity (Wildman–Crippen MR) is 118 cm³/mol. The molecule has 8 heteroatoms. The van der Waals surface area contributed by atoms with Crippen molar-refractivity contribution >= 4 is 33.7 Å². The van der Waals surface area contributed by atoms with Crippen LogP contribution in [0.3, 0.4) is 0 Å². The van der Waals surface area contributed by atoms with Gasteiger partial charge in [-0.1, -0.05) is 26.7 Å². The molecule has 31 heavy (non-hydrogen) atoms. The van der Waals surface area contributed by atoms with Gasteiger partial charge in [0.1, 0.15) is 11.4 Å². The molecule has 164 valence electrons. The lowest BCUT2D eigenvalue weighted by molar-refractivity contribution is 0.0484. The maximum atomic E-state index is 12.9. The van der Waals surface area contributed by atoms with Gasteiger partial charge in [0, 0.05) is 17.5 Å². The Morgan fingerprint density at radius 2 is 1.32 bits per heavy atom. The van der Waals surface area contributed by atoms with Gasteiger partial charge in [0.05, 0.1) is 29.6 Å². The number of aromatic amines is 2. The van der Waals surface area contributed by atoms with Crippen LogP contribution in [-0.4, -0.2) is 35.1 Å². The molecule has 0 unspecified atom stereocenters. The van der Waals surface area contributed by atoms with Crippen LogP contribution in [0, 0.1) is 6.92 Å². The molecule has 0 spiro atoms. The van der Waals surface area contributed by atoms with Crippen molar-refractivity contribution in [1.29, 1.82) is 0 Å². The topological polar surface area (TPSA) is 118 Å². The van der Waals surface area contributed by atoms with Gasteiger partial charge >= 0.3 is 11.9 Å². The third-order valence-electron chi connectivity index (χ3n) is 5.01. The molecule has 1 aromatic carbocycles. The third kappa shape index (κ3) is 4.68. The summed E-state index contributed by atoms with van der Waals surface area (Å²) >= 11 is 0. The molecule has 3 aromatic rings. The minimum atomic E-state index is -0.659. The van der Waals surface area contributed by atoms with Crippen LogP contribution in [0.15, 0.2) is 27.8 Å². The Morgan fingerprint density at radius 1 is 0.806 bits per heavy atom. The van der Waals surface area contributed by atoms with Crippen molar-refractivity contribution in [3.05, 3.63) is 55.6 Å². The van der Waals surface area contributed by atoms with Crippen LogP contribution in [0.5, 0.6) is 0 Å². The summed E-state index contributed by atoms with van der Waals surface area (Å²) < 4.78 is 10.4. The smallest absolute Gasteiger partial charge is 0.354 e. The molecule has 2 N–H and O–H groups in total. The van der Waals surface area contributed by atoms with Crippen molar-refractivity contribution in [3.8, 4) is 0 Å². The van der Waals surface area contributed by atoms with Crippen LogP contribution >= 0.6 is 0 Å². The number of aromatic nitrogens is 2. The second-order valence-electron chi connectivity index (χ2n) is 7.44. The molecule has 0 radical (unpaired) electrons. The van der Waals surface area contributed by atoms with E-state index in [4.69, 9.17) is 9.47 Å². The van der Waals surface area contributed by atoms with Crippen molar-refractivity contribution in [2.45, 2.75) is 46.5 Å². The van der Waals surface area contributed by atoms with Crippen molar-refractivity contribution in [2.24, 2.45) is 0 Å². The summed E-state index contributed by atoms with van der Waals surface area (Å²) in [7, 11) is 0. The number of ether oxygens (including phenoxy) is 2. The van der Waals surface area contributed by atoms with E-state index in [0.29, 0.717) is 17.5 Å². The number of aryl methyl sites for hydroxylation is 1. The zero-order valence-electron chi connectivity index (χ0n) is 17.9. The predicted octanol–water partition coefficient (Wildman–Crippen LogP) is 3.59. The summed E-state index contributed by atoms with van der Waals surface area (Å²) in [5.41, 5.74) is 0.388. The summed E-state index contributed by atoms with van der Waals surface area (Å²) in [6.45, 7) is 6.20. The lowest BCUT2D eigenvalue weighted by Gasteiger charge is -2.11. The Labute approximate surface area is 178 Å². The SMILES string of the molecule is CCCCOC(=O)c1cc(=O)c2c([nH]1)c(C)cc1c(=O)cc(C(=O)OCCCC)[nH]c12. The fourth-order valence-corrected chi connectivity index (χ4v) is 3.30. The van der Waals surface area contributed by atoms with Gasteiger partial charge in [0.2, 0.25) is 0 Å². The van der Waals surface area contributed by atoms with Crippen molar-refractivity contribution in [3.63, 3.8) is 0 Å². The Bertz CT molecular complexity index is 1250. The number of benzene rings is 1. The van der Waals surface area contributed by atoms with E-state index in [2.05, 4.69) is 9.97 Å². The number of fused-ring (bicyclic) bond motifs is 3. The first-order chi connectivity index (χ1) is 14.9. The number of carbonyl (C=O) groups is 2. The van der Waals surface area contributed by atoms with E-state index >= 15 is 0 Å². The lowest BCUT2D eigenvalue weighted by atomic mass is 10.0. The summed E-state index contributed by atoms with van der Waals surface area (Å²) in [5.74, 6) is -1.28. The van der Waals surface area contributed by atoms with Crippen molar-refractivity contribution in [1.82, 2.24) is 9.97 Å². The molecule has 0 saturated carbocycles. The molecule has 0 aliphatic rings. The standard InChI is InChI=1S/C23H26N2O6/c1-4-6-8-30-22(28)15-11-17(26)14-10-13(3)20-19(21(14)25-15)18(27)12-16(24-20)23(29)31-9-7-5-2/h10-12H,4-9H2,1-3H3,(H,24,27)(H,25,26). The number of nitrogens with one attached hydrogen (secondary N) is 2. The highest BCUT2D eigenvalue weighted by molar-refractivity contribution is 6.07. The summed E-state index contributed by atoms with van der Waals surface area (Å²) in [5, 5.41) is 0.472. The summed E-state index contributed by atoms with van der Waals surface area (Å²) in [4.78, 5) is 56.1. The van der Waals surface area contributed by atoms with Gasteiger partial charge in [0.25, 0.3) is 0 Å². The van der Waals surface area contributed by atoms with Crippen LogP contribution in [0.25, 0.3) is 21.8 Å². The first-order valence-corrected chi connectivity index (χ1v) is 10.4. The van der Waals surface area contributed by atoms with Gasteiger partial charge in [-0.25, -0.2) is 9.59 Å². The molecule has 0 aliphatic carbocycles. The van der Waals surface area contributed by atoms with E-state index < -0.39 is 22.8 Å². The highest BCUT2D eigenvalue weighted by atomic mass is 16.5. The highest BCUT2D eigenvalue weighted by Gasteiger charge is 2.18. The van der Waals surface area contributed by atoms with Crippen molar-refractivity contribution < 1.29 is 19.1 Å². The highest BCUT2D eigenvalue weighted by Crippen LogP contribution is 2.22. The van der Waals surface area contributed by atoms with Gasteiger partial charge in [-0.3, -0.25) is 9.59 Å². The van der Waals surface area contributed by atoms with Crippen LogP contribution in [0.2, 0.25) is 0 Å². The molecule has 0 bridgehead atoms. The van der Waals surface area contributed by atoms with E-state index in [9.17, 15) is 19.2 Å². The van der Waals surface area contributed by atoms with Gasteiger partial charge in [-0.05, 0) is 31.4 Å². The van der Waals surface area contributed by atoms with Crippen LogP contribution < -0.4 is 10.9 Å². The first kappa shape index (κ1) is 22.3. The zero-order valence-corrected chi connectivity index (χ0v) is 17.9. The molecule has 2 heterocycles. The average Bonchev–Trinajstić information content (AvgIpc) is 2.74. The van der Waals surface area contributed by atoms with Gasteiger partial charge in [-0.2, -0.15) is 0 Å². The molecule has 0 aliphatic heterocycles. The van der Waals surface area contributed by atoms with Crippen molar-refractivity contribution in [2.75, 3.05) is 13.2 Å². The number of unbranched alkanes of at least 4 members (excludes halogenated alkanes) is 2. The number of H-pyrrole nitrogens is 2. The lowest BCUT2D eigenvalue weighted by Crippen LogP contribution is -2.17. The number of carbonyl (C=O) groups excluding carboxylic acids is 2. The molecular weight excluding hydrogens is 400 g/mol. The number of pyridine rings is 2. The Kier molecular flexibility index (Phi) is 6.89. The number of hydrogen-bond donors (Lipinski definition) is 2. The Morgan fingerprint density at radius 3 is 1.87 bits per heavy atom. The molecule has 3 rings (SSSR count). The van der Waals surface area contributed by atoms with E-state index in [0.717, 1.165) is 25.3 Å². The van der Waals surface area contributed by atoms with E-state index in [-0.39, 0.29) is 40.9 Å². The van der Waals surface area contributed by atoms with E-state index in [1.807, 2.05) is 13.8 Å². The molecular formula is C23H26N2O6. The molecule has 0 fully saturated rings. The number of esters is 2. The first-order valence-electron chi connectivity index (χ1n) is 10.4. The normalized spacial score (nSPS) is 11.1. The van der Waals surface area contributed by atoms with E-state index in [1.165, 1.54) is 6.07 Å². The zero-order chi connectivity index (χ0) is 22.5. The second-order valence-corrected chi connectivity index (χ2v) is 7.44. The third-order valence-corrected chi connectivity index (χ3v) is 5.01. The number of hydrogen-bond acceptors (Lipinski definition) is 6. The minimum Gasteiger partial charge on any atom is -0.461 e. The molecule has 0 amide bonds. The largest absolute Gasteiger partial charge is 0.461 e. The van der Waals surface area contributed by atoms with Crippen LogP contribution in [0.4, 0.5) is 0 Å². The van der Waals surface area contributed by atoms with Gasteiger partial charge < -0.3 is 19.4 Å². The maximum absolute atomic E-state index is 12.9. The Hall–Kier alpha value is -3.42. The maximum Gasteiger partial charge on any atom is 0.354 e. The molecule has 8 nitrogen and oxygen atoms in total. The monoisotopic (exact) mass is 426 g/mol. The molecule has 2 aromatic heterocycles. The Balaban J connectivity index is 2.13. The van der Waals surface area contributed by atoms with Crippen LogP contribution in [0.1, 0.15) is 66.1 Å². The fourth-order valence-electron chi connectivity index (χ4n) is 3.30. The summed E-state index contributed by atoms with van der Waals surface area (Å²) in [6.07, 6.45) is 3.18. The summed E-state index contributed by atoms with van der Waals surface area (Å²) in [6, 6.07) is 3.94. The fraction of sp³-hybridized carbons (Fsp3) is 0.391.